The van der Waals surface area contributed by atoms with Crippen LogP contribution in [0.2, 0.25) is 0 Å². The van der Waals surface area contributed by atoms with Crippen LogP contribution in [0.3, 0.4) is 0 Å². The number of hydrogen-bond donors (Lipinski definition) is 2. The molecule has 1 atom stereocenters. The van der Waals surface area contributed by atoms with Gasteiger partial charge in [0.15, 0.2) is 0 Å². The van der Waals surface area contributed by atoms with E-state index in [9.17, 15) is 14.4 Å². The molecule has 0 bridgehead atoms. The van der Waals surface area contributed by atoms with Crippen molar-refractivity contribution < 1.29 is 24.2 Å². The molecule has 1 fully saturated rings. The first-order chi connectivity index (χ1) is 11.9. The van der Waals surface area contributed by atoms with Gasteiger partial charge in [-0.2, -0.15) is 0 Å². The highest BCUT2D eigenvalue weighted by Crippen LogP contribution is 2.23. The van der Waals surface area contributed by atoms with Crippen molar-refractivity contribution in [2.24, 2.45) is 0 Å². The Bertz CT molecular complexity index is 611. The third-order valence-electron chi connectivity index (χ3n) is 4.27. The number of carboxylic acids is 1. The molecule has 1 aromatic carbocycles. The van der Waals surface area contributed by atoms with Crippen molar-refractivity contribution in [1.82, 2.24) is 10.2 Å². The van der Waals surface area contributed by atoms with E-state index >= 15 is 0 Å². The molecule has 1 aliphatic rings. The normalized spacial score (nSPS) is 19.4. The number of amides is 2. The lowest BCUT2D eigenvalue weighted by molar-refractivity contribution is -0.139. The summed E-state index contributed by atoms with van der Waals surface area (Å²) in [5.74, 6) is -1.35. The predicted molar refractivity (Wildman–Crippen MR) is 90.7 cm³/mol. The van der Waals surface area contributed by atoms with Gasteiger partial charge in [0.05, 0.1) is 18.6 Å². The summed E-state index contributed by atoms with van der Waals surface area (Å²) in [4.78, 5) is 36.7. The minimum absolute atomic E-state index is 0.110. The van der Waals surface area contributed by atoms with Gasteiger partial charge in [-0.3, -0.25) is 14.4 Å². The number of benzene rings is 1. The number of rotatable bonds is 8. The van der Waals surface area contributed by atoms with Gasteiger partial charge < -0.3 is 20.1 Å². The Hall–Kier alpha value is -2.41. The smallest absolute Gasteiger partial charge is 0.305 e. The molecule has 7 heteroatoms. The van der Waals surface area contributed by atoms with Crippen molar-refractivity contribution in [3.05, 3.63) is 35.9 Å². The summed E-state index contributed by atoms with van der Waals surface area (Å²) in [6, 6.07) is 9.55. The summed E-state index contributed by atoms with van der Waals surface area (Å²) in [5, 5.41) is 11.8. The lowest BCUT2D eigenvalue weighted by Crippen LogP contribution is -2.51. The first kappa shape index (κ1) is 18.9. The Kier molecular flexibility index (Phi) is 6.52. The first-order valence-corrected chi connectivity index (χ1v) is 8.30. The van der Waals surface area contributed by atoms with Crippen molar-refractivity contribution in [2.45, 2.75) is 38.3 Å². The predicted octanol–water partition coefficient (Wildman–Crippen LogP) is 1.18. The van der Waals surface area contributed by atoms with Gasteiger partial charge >= 0.3 is 5.97 Å². The van der Waals surface area contributed by atoms with E-state index in [0.29, 0.717) is 19.6 Å². The molecule has 2 rings (SSSR count). The molecule has 1 unspecified atom stereocenters. The van der Waals surface area contributed by atoms with Crippen LogP contribution >= 0.6 is 0 Å². The van der Waals surface area contributed by atoms with Crippen LogP contribution in [0.15, 0.2) is 30.3 Å². The van der Waals surface area contributed by atoms with Crippen molar-refractivity contribution in [1.29, 1.82) is 0 Å². The lowest BCUT2D eigenvalue weighted by atomic mass is 9.94. The van der Waals surface area contributed by atoms with E-state index < -0.39 is 11.5 Å². The highest BCUT2D eigenvalue weighted by molar-refractivity contribution is 5.79. The van der Waals surface area contributed by atoms with Crippen LogP contribution in [0, 0.1) is 0 Å². The summed E-state index contributed by atoms with van der Waals surface area (Å²) in [5.41, 5.74) is 0.147. The maximum Gasteiger partial charge on any atom is 0.305 e. The molecule has 136 valence electrons. The Balaban J connectivity index is 1.90. The second kappa shape index (κ2) is 8.62. The number of nitrogens with one attached hydrogen (secondary N) is 1. The summed E-state index contributed by atoms with van der Waals surface area (Å²) >= 11 is 0. The summed E-state index contributed by atoms with van der Waals surface area (Å²) in [6.07, 6.45) is 0.429. The maximum absolute atomic E-state index is 12.3. The van der Waals surface area contributed by atoms with Crippen LogP contribution in [0.1, 0.15) is 31.7 Å². The number of nitrogens with zero attached hydrogens (tertiary/aromatic N) is 1. The second-order valence-corrected chi connectivity index (χ2v) is 6.38. The van der Waals surface area contributed by atoms with Gasteiger partial charge in [-0.25, -0.2) is 0 Å². The van der Waals surface area contributed by atoms with E-state index in [2.05, 4.69) is 5.32 Å². The molecule has 2 amide bonds. The molecule has 0 aliphatic carbocycles. The van der Waals surface area contributed by atoms with Gasteiger partial charge in [-0.05, 0) is 12.0 Å². The van der Waals surface area contributed by atoms with Gasteiger partial charge in [0.2, 0.25) is 11.8 Å². The zero-order chi connectivity index (χ0) is 18.3. The standard InChI is InChI=1S/C18H24N2O5/c1-14(21)20(12-15-5-3-2-4-6-15)9-7-16(22)19-18(11-17(23)24)8-10-25-13-18/h2-6H,7-13H2,1H3,(H,19,22)(H,23,24). The third-order valence-corrected chi connectivity index (χ3v) is 4.27. The van der Waals surface area contributed by atoms with Crippen molar-refractivity contribution >= 4 is 17.8 Å². The van der Waals surface area contributed by atoms with Crippen LogP contribution in [-0.4, -0.2) is 53.1 Å². The number of carboxylic acid groups (broad SMARTS) is 1. The number of ether oxygens (including phenoxy) is 1. The largest absolute Gasteiger partial charge is 0.481 e. The molecule has 0 saturated carbocycles. The molecular formula is C18H24N2O5. The molecular weight excluding hydrogens is 324 g/mol. The van der Waals surface area contributed by atoms with E-state index in [0.717, 1.165) is 5.56 Å². The summed E-state index contributed by atoms with van der Waals surface area (Å²) in [6.45, 7) is 2.82. The molecule has 25 heavy (non-hydrogen) atoms. The fourth-order valence-electron chi connectivity index (χ4n) is 2.93. The first-order valence-electron chi connectivity index (χ1n) is 8.30. The van der Waals surface area contributed by atoms with Crippen molar-refractivity contribution in [3.63, 3.8) is 0 Å². The molecule has 1 saturated heterocycles. The average Bonchev–Trinajstić information content (AvgIpc) is 2.99. The highest BCUT2D eigenvalue weighted by atomic mass is 16.5. The lowest BCUT2D eigenvalue weighted by Gasteiger charge is -2.28. The molecule has 7 nitrogen and oxygen atoms in total. The number of carbonyl (C=O) groups is 3. The van der Waals surface area contributed by atoms with E-state index in [4.69, 9.17) is 9.84 Å². The SMILES string of the molecule is CC(=O)N(CCC(=O)NC1(CC(=O)O)CCOC1)Cc1ccccc1. The van der Waals surface area contributed by atoms with E-state index in [1.54, 1.807) is 4.90 Å². The second-order valence-electron chi connectivity index (χ2n) is 6.38. The number of carbonyl (C=O) groups excluding carboxylic acids is 2. The minimum atomic E-state index is -0.972. The highest BCUT2D eigenvalue weighted by Gasteiger charge is 2.38. The monoisotopic (exact) mass is 348 g/mol. The van der Waals surface area contributed by atoms with E-state index in [1.807, 2.05) is 30.3 Å². The van der Waals surface area contributed by atoms with Gasteiger partial charge in [0.1, 0.15) is 0 Å². The summed E-state index contributed by atoms with van der Waals surface area (Å²) < 4.78 is 5.26. The minimum Gasteiger partial charge on any atom is -0.481 e. The third kappa shape index (κ3) is 5.86. The molecule has 1 aromatic rings. The van der Waals surface area contributed by atoms with Gasteiger partial charge in [-0.1, -0.05) is 30.3 Å². The van der Waals surface area contributed by atoms with Gasteiger partial charge in [0, 0.05) is 33.0 Å². The van der Waals surface area contributed by atoms with Gasteiger partial charge in [0.25, 0.3) is 0 Å². The van der Waals surface area contributed by atoms with Crippen LogP contribution in [-0.2, 0) is 25.7 Å². The fraction of sp³-hybridized carbons (Fsp3) is 0.500. The summed E-state index contributed by atoms with van der Waals surface area (Å²) in [7, 11) is 0. The quantitative estimate of drug-likeness (QED) is 0.735. The van der Waals surface area contributed by atoms with Crippen LogP contribution < -0.4 is 5.32 Å². The topological polar surface area (TPSA) is 95.9 Å². The van der Waals surface area contributed by atoms with E-state index in [1.165, 1.54) is 6.92 Å². The number of aliphatic carboxylic acids is 1. The van der Waals surface area contributed by atoms with Gasteiger partial charge in [-0.15, -0.1) is 0 Å². The molecule has 1 aliphatic heterocycles. The van der Waals surface area contributed by atoms with Crippen LogP contribution in [0.4, 0.5) is 0 Å². The molecule has 1 heterocycles. The van der Waals surface area contributed by atoms with E-state index in [-0.39, 0.29) is 37.8 Å². The fourth-order valence-corrected chi connectivity index (χ4v) is 2.93. The Morgan fingerprint density at radius 3 is 2.56 bits per heavy atom. The Morgan fingerprint density at radius 1 is 1.28 bits per heavy atom. The average molecular weight is 348 g/mol. The number of hydrogen-bond acceptors (Lipinski definition) is 4. The zero-order valence-corrected chi connectivity index (χ0v) is 14.4. The molecule has 2 N–H and O–H groups in total. The van der Waals surface area contributed by atoms with Crippen molar-refractivity contribution in [2.75, 3.05) is 19.8 Å². The maximum atomic E-state index is 12.3. The van der Waals surface area contributed by atoms with Crippen LogP contribution in [0.25, 0.3) is 0 Å². The van der Waals surface area contributed by atoms with Crippen LogP contribution in [0.5, 0.6) is 0 Å². The van der Waals surface area contributed by atoms with Crippen molar-refractivity contribution in [3.8, 4) is 0 Å². The zero-order valence-electron chi connectivity index (χ0n) is 14.4. The Labute approximate surface area is 147 Å². The molecule has 0 spiro atoms. The molecule has 0 aromatic heterocycles. The molecule has 0 radical (unpaired) electrons. The Morgan fingerprint density at radius 2 is 2.00 bits per heavy atom.